The van der Waals surface area contributed by atoms with Gasteiger partial charge in [-0.3, -0.25) is 9.59 Å². The normalized spacial score (nSPS) is 10.5. The first kappa shape index (κ1) is 18.6. The highest BCUT2D eigenvalue weighted by molar-refractivity contribution is 7.13. The minimum absolute atomic E-state index is 0.0623. The fraction of sp³-hybridized carbons (Fsp3) is 0.688. The summed E-state index contributed by atoms with van der Waals surface area (Å²) >= 11 is 1.37. The number of aromatic nitrogens is 1. The average Bonchev–Trinajstić information content (AvgIpc) is 3.01. The van der Waals surface area contributed by atoms with Crippen molar-refractivity contribution in [1.82, 2.24) is 9.88 Å². The Kier molecular flexibility index (Phi) is 9.46. The van der Waals surface area contributed by atoms with Crippen LogP contribution in [0.1, 0.15) is 58.8 Å². The quantitative estimate of drug-likeness (QED) is 0.631. The molecule has 0 radical (unpaired) electrons. The van der Waals surface area contributed by atoms with Crippen LogP contribution in [-0.4, -0.2) is 34.8 Å². The van der Waals surface area contributed by atoms with Gasteiger partial charge >= 0.3 is 0 Å². The van der Waals surface area contributed by atoms with Crippen LogP contribution in [0.4, 0.5) is 5.13 Å². The van der Waals surface area contributed by atoms with Crippen LogP contribution < -0.4 is 5.32 Å². The van der Waals surface area contributed by atoms with E-state index in [1.54, 1.807) is 16.5 Å². The van der Waals surface area contributed by atoms with Crippen molar-refractivity contribution in [3.63, 3.8) is 0 Å². The number of amides is 2. The lowest BCUT2D eigenvalue weighted by Crippen LogP contribution is -2.37. The molecule has 5 nitrogen and oxygen atoms in total. The van der Waals surface area contributed by atoms with Gasteiger partial charge in [0.05, 0.1) is 6.54 Å². The lowest BCUT2D eigenvalue weighted by atomic mass is 10.1. The van der Waals surface area contributed by atoms with Crippen molar-refractivity contribution in [3.05, 3.63) is 11.6 Å². The molecule has 0 aromatic carbocycles. The minimum atomic E-state index is -0.187. The number of thiazole rings is 1. The second-order valence-electron chi connectivity index (χ2n) is 5.31. The number of hydrogen-bond acceptors (Lipinski definition) is 4. The molecule has 0 aliphatic rings. The number of carbonyl (C=O) groups excluding carboxylic acids is 2. The molecule has 0 atom stereocenters. The van der Waals surface area contributed by atoms with Crippen LogP contribution in [0.5, 0.6) is 0 Å². The van der Waals surface area contributed by atoms with Crippen LogP contribution in [0.15, 0.2) is 11.6 Å². The zero-order valence-electron chi connectivity index (χ0n) is 13.6. The molecule has 0 aliphatic carbocycles. The number of nitrogens with zero attached hydrogens (tertiary/aromatic N) is 2. The molecule has 1 aromatic heterocycles. The molecule has 0 fully saturated rings. The summed E-state index contributed by atoms with van der Waals surface area (Å²) in [5.74, 6) is -0.125. The summed E-state index contributed by atoms with van der Waals surface area (Å²) in [6.07, 6.45) is 9.12. The molecule has 1 N–H and O–H groups in total. The SMILES string of the molecule is CCCCCCCCC(=O)N(CC)CC(=O)Nc1nccs1. The van der Waals surface area contributed by atoms with E-state index in [-0.39, 0.29) is 18.4 Å². The predicted octanol–water partition coefficient (Wildman–Crippen LogP) is 3.68. The van der Waals surface area contributed by atoms with E-state index in [1.807, 2.05) is 6.92 Å². The first-order valence-electron chi connectivity index (χ1n) is 8.14. The molecule has 2 amide bonds. The predicted molar refractivity (Wildman–Crippen MR) is 91.0 cm³/mol. The van der Waals surface area contributed by atoms with Gasteiger partial charge in [-0.05, 0) is 13.3 Å². The third-order valence-electron chi connectivity index (χ3n) is 3.49. The molecule has 6 heteroatoms. The monoisotopic (exact) mass is 325 g/mol. The van der Waals surface area contributed by atoms with Crippen LogP contribution >= 0.6 is 11.3 Å². The molecular weight excluding hydrogens is 298 g/mol. The van der Waals surface area contributed by atoms with Crippen molar-refractivity contribution in [1.29, 1.82) is 0 Å². The Balaban J connectivity index is 2.24. The third kappa shape index (κ3) is 7.54. The smallest absolute Gasteiger partial charge is 0.245 e. The number of likely N-dealkylation sites (N-methyl/N-ethyl adjacent to an activating group) is 1. The molecule has 0 aliphatic heterocycles. The molecule has 124 valence electrons. The summed E-state index contributed by atoms with van der Waals surface area (Å²) in [5, 5.41) is 5.08. The number of hydrogen-bond donors (Lipinski definition) is 1. The van der Waals surface area contributed by atoms with Crippen molar-refractivity contribution in [2.24, 2.45) is 0 Å². The average molecular weight is 325 g/mol. The van der Waals surface area contributed by atoms with E-state index >= 15 is 0 Å². The lowest BCUT2D eigenvalue weighted by molar-refractivity contribution is -0.134. The zero-order valence-corrected chi connectivity index (χ0v) is 14.5. The van der Waals surface area contributed by atoms with Gasteiger partial charge in [0.1, 0.15) is 0 Å². The van der Waals surface area contributed by atoms with Crippen LogP contribution in [0.25, 0.3) is 0 Å². The van der Waals surface area contributed by atoms with E-state index in [9.17, 15) is 9.59 Å². The maximum atomic E-state index is 12.1. The zero-order chi connectivity index (χ0) is 16.2. The summed E-state index contributed by atoms with van der Waals surface area (Å²) < 4.78 is 0. The Hall–Kier alpha value is -1.43. The summed E-state index contributed by atoms with van der Waals surface area (Å²) in [6, 6.07) is 0. The van der Waals surface area contributed by atoms with E-state index < -0.39 is 0 Å². The van der Waals surface area contributed by atoms with Crippen molar-refractivity contribution in [3.8, 4) is 0 Å². The first-order valence-corrected chi connectivity index (χ1v) is 9.02. The summed E-state index contributed by atoms with van der Waals surface area (Å²) in [7, 11) is 0. The van der Waals surface area contributed by atoms with Gasteiger partial charge in [-0.1, -0.05) is 39.0 Å². The Morgan fingerprint density at radius 2 is 1.91 bits per heavy atom. The molecule has 22 heavy (non-hydrogen) atoms. The number of anilines is 1. The first-order chi connectivity index (χ1) is 10.7. The van der Waals surface area contributed by atoms with E-state index in [0.29, 0.717) is 18.1 Å². The van der Waals surface area contributed by atoms with Crippen LogP contribution in [0.3, 0.4) is 0 Å². The molecule has 0 saturated heterocycles. The Labute approximate surface area is 137 Å². The van der Waals surface area contributed by atoms with Gasteiger partial charge in [0.2, 0.25) is 11.8 Å². The van der Waals surface area contributed by atoms with Crippen molar-refractivity contribution in [2.75, 3.05) is 18.4 Å². The second kappa shape index (κ2) is 11.2. The number of unbranched alkanes of at least 4 members (excludes halogenated alkanes) is 5. The van der Waals surface area contributed by atoms with E-state index in [0.717, 1.165) is 12.8 Å². The maximum absolute atomic E-state index is 12.1. The maximum Gasteiger partial charge on any atom is 0.245 e. The van der Waals surface area contributed by atoms with Gasteiger partial charge in [-0.15, -0.1) is 11.3 Å². The third-order valence-corrected chi connectivity index (χ3v) is 4.18. The fourth-order valence-electron chi connectivity index (χ4n) is 2.21. The number of carbonyl (C=O) groups is 2. The molecule has 1 aromatic rings. The largest absolute Gasteiger partial charge is 0.334 e. The highest BCUT2D eigenvalue weighted by Crippen LogP contribution is 2.11. The molecule has 0 saturated carbocycles. The summed E-state index contributed by atoms with van der Waals surface area (Å²) in [5.41, 5.74) is 0. The van der Waals surface area contributed by atoms with Crippen LogP contribution in [0.2, 0.25) is 0 Å². The summed E-state index contributed by atoms with van der Waals surface area (Å²) in [6.45, 7) is 4.75. The molecule has 1 rings (SSSR count). The Morgan fingerprint density at radius 1 is 1.18 bits per heavy atom. The van der Waals surface area contributed by atoms with Gasteiger partial charge in [0, 0.05) is 24.5 Å². The van der Waals surface area contributed by atoms with Gasteiger partial charge in [0.25, 0.3) is 0 Å². The molecule has 0 bridgehead atoms. The fourth-order valence-corrected chi connectivity index (χ4v) is 2.75. The number of rotatable bonds is 11. The molecule has 0 unspecified atom stereocenters. The van der Waals surface area contributed by atoms with Crippen LogP contribution in [0, 0.1) is 0 Å². The minimum Gasteiger partial charge on any atom is -0.334 e. The molecule has 0 spiro atoms. The van der Waals surface area contributed by atoms with Crippen molar-refractivity contribution in [2.45, 2.75) is 58.8 Å². The topological polar surface area (TPSA) is 62.3 Å². The standard InChI is InChI=1S/C16H27N3O2S/c1-3-5-6-7-8-9-10-15(21)19(4-2)13-14(20)18-16-17-11-12-22-16/h11-12H,3-10,13H2,1-2H3,(H,17,18,20). The van der Waals surface area contributed by atoms with Gasteiger partial charge in [-0.2, -0.15) is 0 Å². The highest BCUT2D eigenvalue weighted by Gasteiger charge is 2.15. The number of nitrogens with one attached hydrogen (secondary N) is 1. The summed E-state index contributed by atoms with van der Waals surface area (Å²) in [4.78, 5) is 29.6. The highest BCUT2D eigenvalue weighted by atomic mass is 32.1. The van der Waals surface area contributed by atoms with Crippen molar-refractivity contribution < 1.29 is 9.59 Å². The van der Waals surface area contributed by atoms with Gasteiger partial charge in [-0.25, -0.2) is 4.98 Å². The van der Waals surface area contributed by atoms with Crippen molar-refractivity contribution >= 4 is 28.3 Å². The van der Waals surface area contributed by atoms with Crippen LogP contribution in [-0.2, 0) is 9.59 Å². The van der Waals surface area contributed by atoms with E-state index in [2.05, 4.69) is 17.2 Å². The van der Waals surface area contributed by atoms with E-state index in [1.165, 1.54) is 37.0 Å². The second-order valence-corrected chi connectivity index (χ2v) is 6.21. The van der Waals surface area contributed by atoms with Gasteiger partial charge < -0.3 is 10.2 Å². The molecule has 1 heterocycles. The van der Waals surface area contributed by atoms with E-state index in [4.69, 9.17) is 0 Å². The Morgan fingerprint density at radius 3 is 2.55 bits per heavy atom. The lowest BCUT2D eigenvalue weighted by Gasteiger charge is -2.20. The molecular formula is C16H27N3O2S. The van der Waals surface area contributed by atoms with Gasteiger partial charge in [0.15, 0.2) is 5.13 Å². The Bertz CT molecular complexity index is 435.